The first kappa shape index (κ1) is 10.2. The Kier molecular flexibility index (Phi) is 2.77. The second-order valence-corrected chi connectivity index (χ2v) is 4.22. The van der Waals surface area contributed by atoms with Gasteiger partial charge in [-0.3, -0.25) is 0 Å². The normalized spacial score (nSPS) is 23.1. The van der Waals surface area contributed by atoms with Crippen LogP contribution in [0.1, 0.15) is 6.92 Å². The summed E-state index contributed by atoms with van der Waals surface area (Å²) in [5.41, 5.74) is 6.70. The molecule has 15 heavy (non-hydrogen) atoms. The Morgan fingerprint density at radius 2 is 2.27 bits per heavy atom. The second kappa shape index (κ2) is 4.06. The third-order valence-corrected chi connectivity index (χ3v) is 2.92. The van der Waals surface area contributed by atoms with E-state index >= 15 is 0 Å². The van der Waals surface area contributed by atoms with Crippen LogP contribution in [0.5, 0.6) is 0 Å². The van der Waals surface area contributed by atoms with E-state index in [0.717, 1.165) is 31.1 Å². The maximum atomic E-state index is 5.93. The molecule has 1 atom stereocenters. The van der Waals surface area contributed by atoms with Gasteiger partial charge < -0.3 is 15.5 Å². The van der Waals surface area contributed by atoms with Crippen molar-refractivity contribution in [2.45, 2.75) is 13.0 Å². The molecule has 0 aliphatic carbocycles. The van der Waals surface area contributed by atoms with Gasteiger partial charge in [0, 0.05) is 31.9 Å². The Morgan fingerprint density at radius 1 is 1.47 bits per heavy atom. The molecule has 1 fully saturated rings. The predicted molar refractivity (Wildman–Crippen MR) is 63.0 cm³/mol. The van der Waals surface area contributed by atoms with E-state index in [9.17, 15) is 0 Å². The highest BCUT2D eigenvalue weighted by Gasteiger charge is 2.23. The van der Waals surface area contributed by atoms with Crippen LogP contribution in [0.15, 0.2) is 18.3 Å². The minimum atomic E-state index is 0.473. The number of rotatable bonds is 1. The van der Waals surface area contributed by atoms with Crippen LogP contribution in [0.4, 0.5) is 11.5 Å². The molecule has 1 saturated heterocycles. The number of anilines is 2. The van der Waals surface area contributed by atoms with Crippen LogP contribution in [-0.2, 0) is 0 Å². The molecule has 0 amide bonds. The summed E-state index contributed by atoms with van der Waals surface area (Å²) in [5, 5.41) is 0. The molecule has 4 heteroatoms. The van der Waals surface area contributed by atoms with E-state index in [1.54, 1.807) is 6.20 Å². The number of nitrogens with zero attached hydrogens (tertiary/aromatic N) is 3. The number of hydrogen-bond acceptors (Lipinski definition) is 4. The molecule has 1 unspecified atom stereocenters. The van der Waals surface area contributed by atoms with Crippen LogP contribution in [0.25, 0.3) is 0 Å². The molecule has 0 radical (unpaired) electrons. The van der Waals surface area contributed by atoms with Gasteiger partial charge in [0.05, 0.1) is 5.69 Å². The fraction of sp³-hybridized carbons (Fsp3) is 0.545. The van der Waals surface area contributed by atoms with Gasteiger partial charge in [-0.25, -0.2) is 4.98 Å². The average Bonchev–Trinajstić information content (AvgIpc) is 2.20. The lowest BCUT2D eigenvalue weighted by Crippen LogP contribution is -2.51. The Bertz CT molecular complexity index is 339. The molecule has 0 spiro atoms. The molecule has 1 aliphatic heterocycles. The fourth-order valence-electron chi connectivity index (χ4n) is 2.10. The molecule has 1 aromatic heterocycles. The Labute approximate surface area is 90.7 Å². The molecular formula is C11H18N4. The lowest BCUT2D eigenvalue weighted by molar-refractivity contribution is 0.275. The quantitative estimate of drug-likeness (QED) is 0.738. The topological polar surface area (TPSA) is 45.4 Å². The van der Waals surface area contributed by atoms with Gasteiger partial charge in [0.2, 0.25) is 0 Å². The zero-order chi connectivity index (χ0) is 10.8. The van der Waals surface area contributed by atoms with E-state index < -0.39 is 0 Å². The molecule has 1 aliphatic rings. The molecule has 2 rings (SSSR count). The third kappa shape index (κ3) is 2.04. The van der Waals surface area contributed by atoms with E-state index in [-0.39, 0.29) is 0 Å². The number of nitrogens with two attached hydrogens (primary N) is 1. The van der Waals surface area contributed by atoms with Crippen molar-refractivity contribution in [2.75, 3.05) is 37.3 Å². The zero-order valence-electron chi connectivity index (χ0n) is 9.35. The van der Waals surface area contributed by atoms with Crippen molar-refractivity contribution >= 4 is 11.5 Å². The number of piperazine rings is 1. The minimum absolute atomic E-state index is 0.473. The molecule has 0 aromatic carbocycles. The first-order valence-corrected chi connectivity index (χ1v) is 5.34. The molecule has 1 aromatic rings. The molecule has 82 valence electrons. The fourth-order valence-corrected chi connectivity index (χ4v) is 2.10. The maximum absolute atomic E-state index is 5.93. The van der Waals surface area contributed by atoms with Crippen LogP contribution in [0.3, 0.4) is 0 Å². The molecule has 2 heterocycles. The number of hydrogen-bond donors (Lipinski definition) is 1. The highest BCUT2D eigenvalue weighted by Crippen LogP contribution is 2.23. The Hall–Kier alpha value is -1.29. The summed E-state index contributed by atoms with van der Waals surface area (Å²) in [7, 11) is 2.15. The van der Waals surface area contributed by atoms with Crippen molar-refractivity contribution in [3.8, 4) is 0 Å². The summed E-state index contributed by atoms with van der Waals surface area (Å²) in [4.78, 5) is 8.98. The van der Waals surface area contributed by atoms with Crippen molar-refractivity contribution < 1.29 is 0 Å². The number of likely N-dealkylation sites (N-methyl/N-ethyl adjacent to an activating group) is 1. The number of aromatic nitrogens is 1. The molecule has 2 N–H and O–H groups in total. The van der Waals surface area contributed by atoms with E-state index in [1.165, 1.54) is 0 Å². The van der Waals surface area contributed by atoms with Gasteiger partial charge in [0.25, 0.3) is 0 Å². The first-order chi connectivity index (χ1) is 7.18. The van der Waals surface area contributed by atoms with Gasteiger partial charge in [0.1, 0.15) is 0 Å². The first-order valence-electron chi connectivity index (χ1n) is 5.34. The van der Waals surface area contributed by atoms with Crippen molar-refractivity contribution in [2.24, 2.45) is 0 Å². The summed E-state index contributed by atoms with van der Waals surface area (Å²) in [5.74, 6) is 0.929. The Balaban J connectivity index is 2.20. The van der Waals surface area contributed by atoms with Crippen LogP contribution in [0, 0.1) is 0 Å². The smallest absolute Gasteiger partial charge is 0.152 e. The SMILES string of the molecule is CC1CN(C)CCN1c1ncccc1N. The van der Waals surface area contributed by atoms with Crippen LogP contribution in [-0.4, -0.2) is 42.6 Å². The molecule has 0 bridgehead atoms. The van der Waals surface area contributed by atoms with E-state index in [4.69, 9.17) is 5.73 Å². The van der Waals surface area contributed by atoms with Gasteiger partial charge >= 0.3 is 0 Å². The lowest BCUT2D eigenvalue weighted by Gasteiger charge is -2.39. The van der Waals surface area contributed by atoms with Gasteiger partial charge in [-0.15, -0.1) is 0 Å². The Morgan fingerprint density at radius 3 is 2.93 bits per heavy atom. The standard InChI is InChI=1S/C11H18N4/c1-9-8-14(2)6-7-15(9)11-10(12)4-3-5-13-11/h3-5,9H,6-8,12H2,1-2H3. The molecular weight excluding hydrogens is 188 g/mol. The van der Waals surface area contributed by atoms with Crippen LogP contribution < -0.4 is 10.6 Å². The summed E-state index contributed by atoms with van der Waals surface area (Å²) in [6.07, 6.45) is 1.80. The highest BCUT2D eigenvalue weighted by atomic mass is 15.3. The highest BCUT2D eigenvalue weighted by molar-refractivity contribution is 5.62. The number of nitrogen functional groups attached to an aromatic ring is 1. The van der Waals surface area contributed by atoms with E-state index in [0.29, 0.717) is 6.04 Å². The zero-order valence-corrected chi connectivity index (χ0v) is 9.35. The largest absolute Gasteiger partial charge is 0.396 e. The van der Waals surface area contributed by atoms with Crippen molar-refractivity contribution in [1.29, 1.82) is 0 Å². The molecule has 0 saturated carbocycles. The third-order valence-electron chi connectivity index (χ3n) is 2.92. The van der Waals surface area contributed by atoms with Crippen molar-refractivity contribution in [3.63, 3.8) is 0 Å². The second-order valence-electron chi connectivity index (χ2n) is 4.22. The summed E-state index contributed by atoms with van der Waals surface area (Å²) in [6, 6.07) is 4.26. The van der Waals surface area contributed by atoms with Gasteiger partial charge in [-0.05, 0) is 26.1 Å². The van der Waals surface area contributed by atoms with Gasteiger partial charge in [0.15, 0.2) is 5.82 Å². The van der Waals surface area contributed by atoms with Crippen LogP contribution >= 0.6 is 0 Å². The van der Waals surface area contributed by atoms with Gasteiger partial charge in [-0.1, -0.05) is 0 Å². The van der Waals surface area contributed by atoms with E-state index in [1.807, 2.05) is 12.1 Å². The van der Waals surface area contributed by atoms with E-state index in [2.05, 4.69) is 28.8 Å². The average molecular weight is 206 g/mol. The number of pyridine rings is 1. The predicted octanol–water partition coefficient (Wildman–Crippen LogP) is 0.804. The summed E-state index contributed by atoms with van der Waals surface area (Å²) in [6.45, 7) is 5.35. The van der Waals surface area contributed by atoms with Crippen molar-refractivity contribution in [1.82, 2.24) is 9.88 Å². The maximum Gasteiger partial charge on any atom is 0.152 e. The van der Waals surface area contributed by atoms with Gasteiger partial charge in [-0.2, -0.15) is 0 Å². The summed E-state index contributed by atoms with van der Waals surface area (Å²) < 4.78 is 0. The summed E-state index contributed by atoms with van der Waals surface area (Å²) >= 11 is 0. The lowest BCUT2D eigenvalue weighted by atomic mass is 10.2. The monoisotopic (exact) mass is 206 g/mol. The molecule has 4 nitrogen and oxygen atoms in total. The minimum Gasteiger partial charge on any atom is -0.396 e. The van der Waals surface area contributed by atoms with Crippen LogP contribution in [0.2, 0.25) is 0 Å². The van der Waals surface area contributed by atoms with Crippen molar-refractivity contribution in [3.05, 3.63) is 18.3 Å².